The lowest BCUT2D eigenvalue weighted by molar-refractivity contribution is -0.134. The van der Waals surface area contributed by atoms with E-state index in [1.54, 1.807) is 14.1 Å². The Labute approximate surface area is 75.3 Å². The number of amides is 4. The van der Waals surface area contributed by atoms with Crippen molar-refractivity contribution >= 4 is 17.8 Å². The predicted octanol–water partition coefficient (Wildman–Crippen LogP) is -1.33. The Morgan fingerprint density at radius 2 is 2.08 bits per heavy atom. The van der Waals surface area contributed by atoms with Crippen LogP contribution in [-0.4, -0.2) is 42.9 Å². The van der Waals surface area contributed by atoms with Gasteiger partial charge in [0.1, 0.15) is 6.04 Å². The van der Waals surface area contributed by atoms with Gasteiger partial charge in [-0.3, -0.25) is 14.9 Å². The van der Waals surface area contributed by atoms with Gasteiger partial charge in [-0.2, -0.15) is 0 Å². The SMILES string of the molecule is CN(C)C(=O)[C@@H]1CC(=O)NC(=O)N1. The lowest BCUT2D eigenvalue weighted by Crippen LogP contribution is -2.57. The van der Waals surface area contributed by atoms with Gasteiger partial charge in [0, 0.05) is 14.1 Å². The van der Waals surface area contributed by atoms with Gasteiger partial charge < -0.3 is 10.2 Å². The van der Waals surface area contributed by atoms with Gasteiger partial charge in [-0.15, -0.1) is 0 Å². The number of nitrogens with one attached hydrogen (secondary N) is 2. The highest BCUT2D eigenvalue weighted by Gasteiger charge is 2.29. The van der Waals surface area contributed by atoms with E-state index in [0.29, 0.717) is 0 Å². The summed E-state index contributed by atoms with van der Waals surface area (Å²) < 4.78 is 0. The molecule has 6 heteroatoms. The van der Waals surface area contributed by atoms with Crippen molar-refractivity contribution in [2.75, 3.05) is 14.1 Å². The number of rotatable bonds is 1. The van der Waals surface area contributed by atoms with E-state index in [4.69, 9.17) is 0 Å². The zero-order valence-corrected chi connectivity index (χ0v) is 7.46. The highest BCUT2D eigenvalue weighted by Crippen LogP contribution is 2.00. The number of nitrogens with zero attached hydrogens (tertiary/aromatic N) is 1. The van der Waals surface area contributed by atoms with Crippen molar-refractivity contribution in [2.24, 2.45) is 0 Å². The minimum Gasteiger partial charge on any atom is -0.347 e. The average molecular weight is 185 g/mol. The molecule has 0 saturated carbocycles. The van der Waals surface area contributed by atoms with E-state index in [2.05, 4.69) is 5.32 Å². The maximum atomic E-state index is 11.3. The third kappa shape index (κ3) is 2.17. The van der Waals surface area contributed by atoms with Gasteiger partial charge >= 0.3 is 6.03 Å². The first-order valence-electron chi connectivity index (χ1n) is 3.82. The molecule has 72 valence electrons. The van der Waals surface area contributed by atoms with Crippen LogP contribution < -0.4 is 10.6 Å². The number of urea groups is 1. The Morgan fingerprint density at radius 3 is 2.54 bits per heavy atom. The van der Waals surface area contributed by atoms with Crippen LogP contribution in [0.3, 0.4) is 0 Å². The summed E-state index contributed by atoms with van der Waals surface area (Å²) in [6.07, 6.45) is 0.00273. The van der Waals surface area contributed by atoms with Gasteiger partial charge in [-0.1, -0.05) is 0 Å². The molecule has 0 bridgehead atoms. The minimum atomic E-state index is -0.726. The van der Waals surface area contributed by atoms with Crippen LogP contribution in [0.4, 0.5) is 4.79 Å². The number of hydrogen-bond acceptors (Lipinski definition) is 3. The van der Waals surface area contributed by atoms with Gasteiger partial charge in [0.2, 0.25) is 11.8 Å². The quantitative estimate of drug-likeness (QED) is 0.531. The Balaban J connectivity index is 2.65. The predicted molar refractivity (Wildman–Crippen MR) is 43.8 cm³/mol. The van der Waals surface area contributed by atoms with E-state index < -0.39 is 18.0 Å². The van der Waals surface area contributed by atoms with E-state index in [1.165, 1.54) is 4.90 Å². The fourth-order valence-corrected chi connectivity index (χ4v) is 1.07. The van der Waals surface area contributed by atoms with Crippen LogP contribution in [0.2, 0.25) is 0 Å². The lowest BCUT2D eigenvalue weighted by atomic mass is 10.1. The summed E-state index contributed by atoms with van der Waals surface area (Å²) in [7, 11) is 3.14. The van der Waals surface area contributed by atoms with E-state index >= 15 is 0 Å². The van der Waals surface area contributed by atoms with E-state index in [1.807, 2.05) is 5.32 Å². The molecule has 4 amide bonds. The smallest absolute Gasteiger partial charge is 0.322 e. The highest BCUT2D eigenvalue weighted by molar-refractivity contribution is 6.02. The molecular weight excluding hydrogens is 174 g/mol. The van der Waals surface area contributed by atoms with Crippen LogP contribution in [0.1, 0.15) is 6.42 Å². The van der Waals surface area contributed by atoms with Gasteiger partial charge in [0.15, 0.2) is 0 Å². The summed E-state index contributed by atoms with van der Waals surface area (Å²) in [6, 6.07) is -1.34. The molecule has 0 aromatic heterocycles. The van der Waals surface area contributed by atoms with Crippen molar-refractivity contribution < 1.29 is 14.4 Å². The fourth-order valence-electron chi connectivity index (χ4n) is 1.07. The second kappa shape index (κ2) is 3.42. The first-order valence-corrected chi connectivity index (χ1v) is 3.82. The normalized spacial score (nSPS) is 21.8. The molecule has 6 nitrogen and oxygen atoms in total. The largest absolute Gasteiger partial charge is 0.347 e. The Kier molecular flexibility index (Phi) is 2.50. The first-order chi connectivity index (χ1) is 6.00. The van der Waals surface area contributed by atoms with Crippen LogP contribution in [0.25, 0.3) is 0 Å². The summed E-state index contributed by atoms with van der Waals surface area (Å²) >= 11 is 0. The monoisotopic (exact) mass is 185 g/mol. The van der Waals surface area contributed by atoms with Gasteiger partial charge in [0.05, 0.1) is 6.42 Å². The average Bonchev–Trinajstić information content (AvgIpc) is 2.01. The minimum absolute atomic E-state index is 0.00273. The molecule has 2 N–H and O–H groups in total. The van der Waals surface area contributed by atoms with Crippen molar-refractivity contribution in [3.63, 3.8) is 0 Å². The molecule has 1 atom stereocenters. The zero-order valence-electron chi connectivity index (χ0n) is 7.46. The molecule has 1 rings (SSSR count). The van der Waals surface area contributed by atoms with Crippen molar-refractivity contribution in [1.29, 1.82) is 0 Å². The number of carbonyl (C=O) groups is 3. The van der Waals surface area contributed by atoms with E-state index in [9.17, 15) is 14.4 Å². The van der Waals surface area contributed by atoms with Crippen molar-refractivity contribution in [2.45, 2.75) is 12.5 Å². The van der Waals surface area contributed by atoms with Gasteiger partial charge in [-0.05, 0) is 0 Å². The molecule has 0 aromatic carbocycles. The molecule has 0 spiro atoms. The number of carbonyl (C=O) groups excluding carboxylic acids is 3. The van der Waals surface area contributed by atoms with Gasteiger partial charge in [0.25, 0.3) is 0 Å². The van der Waals surface area contributed by atoms with E-state index in [-0.39, 0.29) is 12.3 Å². The summed E-state index contributed by atoms with van der Waals surface area (Å²) in [5, 5.41) is 4.41. The van der Waals surface area contributed by atoms with Crippen molar-refractivity contribution in [3.8, 4) is 0 Å². The fraction of sp³-hybridized carbons (Fsp3) is 0.571. The second-order valence-electron chi connectivity index (χ2n) is 3.01. The summed E-state index contributed by atoms with van der Waals surface area (Å²) in [4.78, 5) is 34.3. The van der Waals surface area contributed by atoms with Crippen molar-refractivity contribution in [3.05, 3.63) is 0 Å². The van der Waals surface area contributed by atoms with Crippen LogP contribution in [0.15, 0.2) is 0 Å². The highest BCUT2D eigenvalue weighted by atomic mass is 16.2. The lowest BCUT2D eigenvalue weighted by Gasteiger charge is -2.24. The molecule has 13 heavy (non-hydrogen) atoms. The standard InChI is InChI=1S/C7H11N3O3/c1-10(2)6(12)4-3-5(11)9-7(13)8-4/h4H,3H2,1-2H3,(H2,8,9,11,13)/t4-/m0/s1. The summed E-state index contributed by atoms with van der Waals surface area (Å²) in [6.45, 7) is 0. The summed E-state index contributed by atoms with van der Waals surface area (Å²) in [5.41, 5.74) is 0. The van der Waals surface area contributed by atoms with Crippen LogP contribution in [0.5, 0.6) is 0 Å². The summed E-state index contributed by atoms with van der Waals surface area (Å²) in [5.74, 6) is -0.702. The second-order valence-corrected chi connectivity index (χ2v) is 3.01. The molecule has 0 aromatic rings. The molecule has 0 aliphatic carbocycles. The third-order valence-corrected chi connectivity index (χ3v) is 1.69. The van der Waals surface area contributed by atoms with Crippen LogP contribution >= 0.6 is 0 Å². The Morgan fingerprint density at radius 1 is 1.46 bits per heavy atom. The molecule has 1 aliphatic rings. The van der Waals surface area contributed by atoms with Crippen LogP contribution in [-0.2, 0) is 9.59 Å². The third-order valence-electron chi connectivity index (χ3n) is 1.69. The zero-order chi connectivity index (χ0) is 10.0. The van der Waals surface area contributed by atoms with E-state index in [0.717, 1.165) is 0 Å². The number of imide groups is 1. The first kappa shape index (κ1) is 9.50. The number of likely N-dealkylation sites (N-methyl/N-ethyl adjacent to an activating group) is 1. The molecule has 1 heterocycles. The topological polar surface area (TPSA) is 78.5 Å². The molecular formula is C7H11N3O3. The maximum Gasteiger partial charge on any atom is 0.322 e. The Hall–Kier alpha value is -1.59. The van der Waals surface area contributed by atoms with Crippen LogP contribution in [0, 0.1) is 0 Å². The maximum absolute atomic E-state index is 11.3. The Bertz CT molecular complexity index is 246. The van der Waals surface area contributed by atoms with Gasteiger partial charge in [-0.25, -0.2) is 4.79 Å². The number of hydrogen-bond donors (Lipinski definition) is 2. The molecule has 1 fully saturated rings. The van der Waals surface area contributed by atoms with Crippen molar-refractivity contribution in [1.82, 2.24) is 15.5 Å². The molecule has 1 aliphatic heterocycles. The molecule has 0 unspecified atom stereocenters. The molecule has 1 saturated heterocycles. The molecule has 0 radical (unpaired) electrons.